The van der Waals surface area contributed by atoms with Gasteiger partial charge in [-0.3, -0.25) is 4.31 Å². The molecule has 0 heterocycles. The van der Waals surface area contributed by atoms with Gasteiger partial charge in [0, 0.05) is 49.8 Å². The molecule has 0 aliphatic rings. The van der Waals surface area contributed by atoms with Crippen LogP contribution >= 0.6 is 12.8 Å². The summed E-state index contributed by atoms with van der Waals surface area (Å²) >= 11 is 4.30. The van der Waals surface area contributed by atoms with Crippen LogP contribution in [0.15, 0.2) is 48.5 Å². The minimum absolute atomic E-state index is 0.130. The molecular weight excluding hydrogens is 529 g/mol. The van der Waals surface area contributed by atoms with Gasteiger partial charge >= 0.3 is 18.2 Å². The maximum atomic E-state index is 13.0. The van der Waals surface area contributed by atoms with E-state index in [4.69, 9.17) is 0 Å². The van der Waals surface area contributed by atoms with Crippen molar-refractivity contribution in [3.05, 3.63) is 54.1 Å². The van der Waals surface area contributed by atoms with Gasteiger partial charge in [0.15, 0.2) is 0 Å². The van der Waals surface area contributed by atoms with E-state index in [0.717, 1.165) is 44.0 Å². The van der Waals surface area contributed by atoms with E-state index in [-0.39, 0.29) is 18.8 Å². The molecule has 0 saturated carbocycles. The molecule has 12 heteroatoms. The Morgan fingerprint density at radius 1 is 0.718 bits per heavy atom. The SMILES string of the molecule is CCN(CC)CCN(CCN(S)C(=O)Nc1ccc(N(CC)CC)cc1)C(=O)Nc1ccc(C(F)(F)F)cc1. The summed E-state index contributed by atoms with van der Waals surface area (Å²) < 4.78 is 39.8. The number of benzene rings is 2. The highest BCUT2D eigenvalue weighted by atomic mass is 32.1. The summed E-state index contributed by atoms with van der Waals surface area (Å²) in [7, 11) is 0. The fourth-order valence-electron chi connectivity index (χ4n) is 3.91. The molecule has 0 atom stereocenters. The molecule has 4 amide bonds. The summed E-state index contributed by atoms with van der Waals surface area (Å²) in [6, 6.07) is 10.9. The summed E-state index contributed by atoms with van der Waals surface area (Å²) in [5.41, 5.74) is 1.13. The molecule has 39 heavy (non-hydrogen) atoms. The normalized spacial score (nSPS) is 11.3. The number of carbonyl (C=O) groups excluding carboxylic acids is 2. The van der Waals surface area contributed by atoms with Crippen LogP contribution in [-0.4, -0.2) is 78.5 Å². The molecule has 0 bridgehead atoms. The van der Waals surface area contributed by atoms with Gasteiger partial charge in [0.2, 0.25) is 0 Å². The highest BCUT2D eigenvalue weighted by Gasteiger charge is 2.30. The summed E-state index contributed by atoms with van der Waals surface area (Å²) in [6.07, 6.45) is -4.46. The first kappa shape index (κ1) is 32.1. The number of carbonyl (C=O) groups is 2. The van der Waals surface area contributed by atoms with Gasteiger partial charge in [-0.25, -0.2) is 9.59 Å². The van der Waals surface area contributed by atoms with E-state index in [1.807, 2.05) is 38.1 Å². The van der Waals surface area contributed by atoms with Gasteiger partial charge < -0.3 is 25.3 Å². The van der Waals surface area contributed by atoms with E-state index in [2.05, 4.69) is 47.1 Å². The largest absolute Gasteiger partial charge is 0.416 e. The number of nitrogens with one attached hydrogen (secondary N) is 2. The maximum absolute atomic E-state index is 13.0. The van der Waals surface area contributed by atoms with Gasteiger partial charge in [-0.15, -0.1) is 0 Å². The molecule has 0 unspecified atom stereocenters. The number of rotatable bonds is 13. The van der Waals surface area contributed by atoms with Crippen LogP contribution in [0.4, 0.5) is 39.8 Å². The molecule has 0 radical (unpaired) electrons. The standard InChI is InChI=1S/C27H39F3N6O2S/c1-5-33(6-2)17-18-35(25(37)31-22-11-9-21(10-12-22)27(28,29)30)19-20-36(39)26(38)32-23-13-15-24(16-14-23)34(7-3)8-4/h9-16,39H,5-8,17-20H2,1-4H3,(H,31,37)(H,32,38). The molecule has 8 nitrogen and oxygen atoms in total. The van der Waals surface area contributed by atoms with Gasteiger partial charge in [-0.05, 0) is 75.5 Å². The van der Waals surface area contributed by atoms with Crippen LogP contribution < -0.4 is 15.5 Å². The Morgan fingerprint density at radius 3 is 1.69 bits per heavy atom. The van der Waals surface area contributed by atoms with Crippen LogP contribution in [0.2, 0.25) is 0 Å². The number of hydrogen-bond acceptors (Lipinski definition) is 5. The average Bonchev–Trinajstić information content (AvgIpc) is 2.91. The van der Waals surface area contributed by atoms with Crippen molar-refractivity contribution >= 4 is 41.9 Å². The lowest BCUT2D eigenvalue weighted by molar-refractivity contribution is -0.137. The molecule has 0 aliphatic heterocycles. The molecule has 0 aliphatic carbocycles. The summed E-state index contributed by atoms with van der Waals surface area (Å²) in [5.74, 6) is 0. The van der Waals surface area contributed by atoms with Gasteiger partial charge in [0.25, 0.3) is 0 Å². The number of amides is 4. The zero-order valence-corrected chi connectivity index (χ0v) is 23.9. The van der Waals surface area contributed by atoms with E-state index in [0.29, 0.717) is 18.8 Å². The zero-order chi connectivity index (χ0) is 29.0. The lowest BCUT2D eigenvalue weighted by atomic mass is 10.2. The van der Waals surface area contributed by atoms with Crippen molar-refractivity contribution in [2.75, 3.05) is 67.9 Å². The number of alkyl halides is 3. The first-order valence-corrected chi connectivity index (χ1v) is 13.5. The molecule has 216 valence electrons. The molecule has 0 saturated heterocycles. The van der Waals surface area contributed by atoms with Gasteiger partial charge in [-0.2, -0.15) is 13.2 Å². The maximum Gasteiger partial charge on any atom is 0.416 e. The number of nitrogens with zero attached hydrogens (tertiary/aromatic N) is 4. The summed E-state index contributed by atoms with van der Waals surface area (Å²) in [6.45, 7) is 12.8. The summed E-state index contributed by atoms with van der Waals surface area (Å²) in [4.78, 5) is 31.6. The molecule has 0 fully saturated rings. The fourth-order valence-corrected chi connectivity index (χ4v) is 4.05. The second kappa shape index (κ2) is 15.5. The Labute approximate surface area is 234 Å². The number of hydrogen-bond donors (Lipinski definition) is 3. The minimum atomic E-state index is -4.46. The topological polar surface area (TPSA) is 71.2 Å². The Balaban J connectivity index is 2.01. The minimum Gasteiger partial charge on any atom is -0.372 e. The van der Waals surface area contributed by atoms with Crippen molar-refractivity contribution < 1.29 is 22.8 Å². The lowest BCUT2D eigenvalue weighted by Crippen LogP contribution is -2.44. The Morgan fingerprint density at radius 2 is 1.21 bits per heavy atom. The van der Waals surface area contributed by atoms with Gasteiger partial charge in [0.1, 0.15) is 0 Å². The summed E-state index contributed by atoms with van der Waals surface area (Å²) in [5, 5.41) is 5.45. The predicted octanol–water partition coefficient (Wildman–Crippen LogP) is 6.11. The Kier molecular flexibility index (Phi) is 12.7. The van der Waals surface area contributed by atoms with Crippen molar-refractivity contribution in [2.45, 2.75) is 33.9 Å². The second-order valence-corrected chi connectivity index (χ2v) is 9.27. The third kappa shape index (κ3) is 10.2. The Bertz CT molecular complexity index is 1030. The molecule has 2 aromatic carbocycles. The van der Waals surface area contributed by atoms with Crippen molar-refractivity contribution in [3.63, 3.8) is 0 Å². The number of urea groups is 2. The molecule has 0 aromatic heterocycles. The van der Waals surface area contributed by atoms with Crippen LogP contribution in [0.5, 0.6) is 0 Å². The lowest BCUT2D eigenvalue weighted by Gasteiger charge is -2.28. The highest BCUT2D eigenvalue weighted by molar-refractivity contribution is 7.78. The molecule has 2 rings (SSSR count). The van der Waals surface area contributed by atoms with Crippen LogP contribution in [0.3, 0.4) is 0 Å². The molecule has 2 aromatic rings. The predicted molar refractivity (Wildman–Crippen MR) is 155 cm³/mol. The third-order valence-corrected chi connectivity index (χ3v) is 6.78. The monoisotopic (exact) mass is 568 g/mol. The number of halogens is 3. The Hall–Kier alpha value is -3.12. The first-order chi connectivity index (χ1) is 18.5. The van der Waals surface area contributed by atoms with Crippen molar-refractivity contribution in [2.24, 2.45) is 0 Å². The van der Waals surface area contributed by atoms with Crippen LogP contribution in [0, 0.1) is 0 Å². The van der Waals surface area contributed by atoms with E-state index in [1.165, 1.54) is 21.3 Å². The smallest absolute Gasteiger partial charge is 0.372 e. The van der Waals surface area contributed by atoms with Crippen molar-refractivity contribution in [3.8, 4) is 0 Å². The van der Waals surface area contributed by atoms with E-state index < -0.39 is 23.8 Å². The van der Waals surface area contributed by atoms with E-state index in [1.54, 1.807) is 0 Å². The first-order valence-electron chi connectivity index (χ1n) is 13.1. The fraction of sp³-hybridized carbons (Fsp3) is 0.481. The molecule has 0 spiro atoms. The quantitative estimate of drug-likeness (QED) is 0.255. The average molecular weight is 569 g/mol. The second-order valence-electron chi connectivity index (χ2n) is 8.79. The van der Waals surface area contributed by atoms with E-state index in [9.17, 15) is 22.8 Å². The molecule has 2 N–H and O–H groups in total. The van der Waals surface area contributed by atoms with Gasteiger partial charge in [0.05, 0.1) is 12.1 Å². The van der Waals surface area contributed by atoms with Gasteiger partial charge in [-0.1, -0.05) is 26.7 Å². The number of anilines is 3. The van der Waals surface area contributed by atoms with Crippen molar-refractivity contribution in [1.82, 2.24) is 14.1 Å². The van der Waals surface area contributed by atoms with Crippen LogP contribution in [0.25, 0.3) is 0 Å². The number of likely N-dealkylation sites (N-methyl/N-ethyl adjacent to an activating group) is 1. The zero-order valence-electron chi connectivity index (χ0n) is 23.0. The van der Waals surface area contributed by atoms with Crippen LogP contribution in [-0.2, 0) is 6.18 Å². The number of thiol groups is 1. The van der Waals surface area contributed by atoms with Crippen molar-refractivity contribution in [1.29, 1.82) is 0 Å². The highest BCUT2D eigenvalue weighted by Crippen LogP contribution is 2.29. The van der Waals surface area contributed by atoms with E-state index >= 15 is 0 Å². The van der Waals surface area contributed by atoms with Crippen LogP contribution in [0.1, 0.15) is 33.3 Å². The molecular formula is C27H39F3N6O2S. The third-order valence-electron chi connectivity index (χ3n) is 6.39.